The maximum atomic E-state index is 12.2. The van der Waals surface area contributed by atoms with Crippen LogP contribution in [0.25, 0.3) is 0 Å². The van der Waals surface area contributed by atoms with E-state index >= 15 is 0 Å². The van der Waals surface area contributed by atoms with Gasteiger partial charge in [0.1, 0.15) is 0 Å². The molecular weight excluding hydrogens is 332 g/mol. The van der Waals surface area contributed by atoms with Crippen molar-refractivity contribution in [1.29, 1.82) is 0 Å². The Balaban J connectivity index is 0.00000288. The summed E-state index contributed by atoms with van der Waals surface area (Å²) in [6, 6.07) is 6.72. The third kappa shape index (κ3) is 5.98. The molecule has 1 aromatic rings. The van der Waals surface area contributed by atoms with Crippen molar-refractivity contribution >= 4 is 29.7 Å². The van der Waals surface area contributed by atoms with E-state index in [2.05, 4.69) is 10.6 Å². The Morgan fingerprint density at radius 3 is 2.71 bits per heavy atom. The zero-order chi connectivity index (χ0) is 16.7. The number of non-ortho nitro benzene ring substituents is 1. The highest BCUT2D eigenvalue weighted by molar-refractivity contribution is 5.85. The van der Waals surface area contributed by atoms with Gasteiger partial charge in [0.25, 0.3) is 5.69 Å². The number of nitro benzene ring substituents is 1. The minimum atomic E-state index is -0.417. The minimum absolute atomic E-state index is 0. The van der Waals surface area contributed by atoms with Gasteiger partial charge < -0.3 is 15.5 Å². The molecule has 1 atom stereocenters. The maximum absolute atomic E-state index is 12.2. The van der Waals surface area contributed by atoms with Crippen molar-refractivity contribution in [1.82, 2.24) is 10.2 Å². The number of hydrogen-bond donors (Lipinski definition) is 2. The summed E-state index contributed by atoms with van der Waals surface area (Å²) in [6.45, 7) is 2.32. The molecule has 2 N–H and O–H groups in total. The van der Waals surface area contributed by atoms with Gasteiger partial charge in [0.15, 0.2) is 0 Å². The molecule has 8 heteroatoms. The molecule has 134 valence electrons. The SMILES string of the molecule is CNC1CCCN(C(=O)CCCNc2ccc([N+](=O)[O-])cc2)C1.Cl. The summed E-state index contributed by atoms with van der Waals surface area (Å²) < 4.78 is 0. The molecule has 1 aliphatic heterocycles. The Kier molecular flexibility index (Phi) is 8.49. The van der Waals surface area contributed by atoms with Crippen molar-refractivity contribution < 1.29 is 9.72 Å². The molecule has 0 saturated carbocycles. The zero-order valence-electron chi connectivity index (χ0n) is 13.9. The first-order valence-corrected chi connectivity index (χ1v) is 8.03. The molecule has 1 aromatic carbocycles. The van der Waals surface area contributed by atoms with Crippen LogP contribution in [0.4, 0.5) is 11.4 Å². The number of likely N-dealkylation sites (tertiary alicyclic amines) is 1. The third-order valence-electron chi connectivity index (χ3n) is 4.16. The van der Waals surface area contributed by atoms with Gasteiger partial charge in [0, 0.05) is 49.9 Å². The number of halogens is 1. The van der Waals surface area contributed by atoms with E-state index in [1.807, 2.05) is 11.9 Å². The molecule has 24 heavy (non-hydrogen) atoms. The molecule has 0 radical (unpaired) electrons. The van der Waals surface area contributed by atoms with Gasteiger partial charge in [0.05, 0.1) is 4.92 Å². The number of nitrogens with zero attached hydrogens (tertiary/aromatic N) is 2. The lowest BCUT2D eigenvalue weighted by molar-refractivity contribution is -0.384. The van der Waals surface area contributed by atoms with Gasteiger partial charge in [-0.15, -0.1) is 12.4 Å². The number of carbonyl (C=O) groups excluding carboxylic acids is 1. The van der Waals surface area contributed by atoms with Gasteiger partial charge in [-0.3, -0.25) is 14.9 Å². The lowest BCUT2D eigenvalue weighted by atomic mass is 10.1. The third-order valence-corrected chi connectivity index (χ3v) is 4.16. The van der Waals surface area contributed by atoms with Crippen LogP contribution < -0.4 is 10.6 Å². The average molecular weight is 357 g/mol. The van der Waals surface area contributed by atoms with E-state index in [-0.39, 0.29) is 24.0 Å². The predicted octanol–water partition coefficient (Wildman–Crippen LogP) is 2.42. The lowest BCUT2D eigenvalue weighted by Gasteiger charge is -2.32. The first kappa shape index (κ1) is 20.2. The van der Waals surface area contributed by atoms with Crippen LogP contribution in [-0.2, 0) is 4.79 Å². The van der Waals surface area contributed by atoms with Crippen molar-refractivity contribution in [3.05, 3.63) is 34.4 Å². The molecule has 1 aliphatic rings. The van der Waals surface area contributed by atoms with E-state index in [1.54, 1.807) is 12.1 Å². The van der Waals surface area contributed by atoms with E-state index in [0.717, 1.165) is 38.0 Å². The number of amides is 1. The molecule has 1 fully saturated rings. The first-order valence-electron chi connectivity index (χ1n) is 8.03. The molecule has 1 amide bonds. The molecule has 1 heterocycles. The molecule has 0 bridgehead atoms. The normalized spacial score (nSPS) is 17.0. The van der Waals surface area contributed by atoms with E-state index in [1.165, 1.54) is 12.1 Å². The molecule has 1 saturated heterocycles. The van der Waals surface area contributed by atoms with Gasteiger partial charge in [-0.05, 0) is 38.4 Å². The van der Waals surface area contributed by atoms with Crippen LogP contribution in [0.2, 0.25) is 0 Å². The Morgan fingerprint density at radius 1 is 1.38 bits per heavy atom. The highest BCUT2D eigenvalue weighted by Gasteiger charge is 2.21. The molecular formula is C16H25ClN4O3. The molecule has 2 rings (SSSR count). The molecule has 0 aliphatic carbocycles. The minimum Gasteiger partial charge on any atom is -0.385 e. The topological polar surface area (TPSA) is 87.5 Å². The summed E-state index contributed by atoms with van der Waals surface area (Å²) in [7, 11) is 1.94. The number of benzene rings is 1. The zero-order valence-corrected chi connectivity index (χ0v) is 14.7. The number of anilines is 1. The number of rotatable bonds is 7. The van der Waals surface area contributed by atoms with Gasteiger partial charge in [-0.1, -0.05) is 0 Å². The number of hydrogen-bond acceptors (Lipinski definition) is 5. The summed E-state index contributed by atoms with van der Waals surface area (Å²) in [6.07, 6.45) is 3.45. The Morgan fingerprint density at radius 2 is 2.08 bits per heavy atom. The van der Waals surface area contributed by atoms with Crippen molar-refractivity contribution in [2.24, 2.45) is 0 Å². The van der Waals surface area contributed by atoms with E-state index in [4.69, 9.17) is 0 Å². The van der Waals surface area contributed by atoms with E-state index in [0.29, 0.717) is 19.0 Å². The highest BCUT2D eigenvalue weighted by atomic mass is 35.5. The Bertz CT molecular complexity index is 539. The van der Waals surface area contributed by atoms with Crippen LogP contribution in [0.15, 0.2) is 24.3 Å². The Labute approximate surface area is 148 Å². The van der Waals surface area contributed by atoms with Crippen molar-refractivity contribution in [3.63, 3.8) is 0 Å². The second-order valence-electron chi connectivity index (χ2n) is 5.80. The fourth-order valence-corrected chi connectivity index (χ4v) is 2.77. The second-order valence-corrected chi connectivity index (χ2v) is 5.80. The number of nitrogens with one attached hydrogen (secondary N) is 2. The molecule has 7 nitrogen and oxygen atoms in total. The highest BCUT2D eigenvalue weighted by Crippen LogP contribution is 2.16. The first-order chi connectivity index (χ1) is 11.1. The van der Waals surface area contributed by atoms with Gasteiger partial charge in [-0.2, -0.15) is 0 Å². The van der Waals surface area contributed by atoms with Crippen LogP contribution in [0, 0.1) is 10.1 Å². The van der Waals surface area contributed by atoms with Crippen LogP contribution in [-0.4, -0.2) is 48.5 Å². The van der Waals surface area contributed by atoms with Gasteiger partial charge in [-0.25, -0.2) is 0 Å². The standard InChI is InChI=1S/C16H24N4O3.ClH/c1-17-14-4-3-11-19(12-14)16(21)5-2-10-18-13-6-8-15(9-7-13)20(22)23;/h6-9,14,17-18H,2-5,10-12H2,1H3;1H. The number of carbonyl (C=O) groups is 1. The summed E-state index contributed by atoms with van der Waals surface area (Å²) in [5, 5.41) is 17.0. The van der Waals surface area contributed by atoms with Crippen molar-refractivity contribution in [2.45, 2.75) is 31.7 Å². The molecule has 1 unspecified atom stereocenters. The average Bonchev–Trinajstić information content (AvgIpc) is 2.59. The monoisotopic (exact) mass is 356 g/mol. The second kappa shape index (κ2) is 10.1. The fourth-order valence-electron chi connectivity index (χ4n) is 2.77. The van der Waals surface area contributed by atoms with Crippen LogP contribution in [0.5, 0.6) is 0 Å². The number of nitro groups is 1. The molecule has 0 spiro atoms. The number of piperidine rings is 1. The predicted molar refractivity (Wildman–Crippen MR) is 96.7 cm³/mol. The smallest absolute Gasteiger partial charge is 0.269 e. The quantitative estimate of drug-likeness (QED) is 0.445. The Hall–Kier alpha value is -1.86. The molecule has 0 aromatic heterocycles. The largest absolute Gasteiger partial charge is 0.385 e. The van der Waals surface area contributed by atoms with Crippen molar-refractivity contribution in [2.75, 3.05) is 32.0 Å². The van der Waals surface area contributed by atoms with Crippen LogP contribution >= 0.6 is 12.4 Å². The summed E-state index contributed by atoms with van der Waals surface area (Å²) in [4.78, 5) is 24.3. The van der Waals surface area contributed by atoms with E-state index in [9.17, 15) is 14.9 Å². The lowest BCUT2D eigenvalue weighted by Crippen LogP contribution is -2.46. The fraction of sp³-hybridized carbons (Fsp3) is 0.562. The summed E-state index contributed by atoms with van der Waals surface area (Å²) in [5.41, 5.74) is 0.909. The summed E-state index contributed by atoms with van der Waals surface area (Å²) in [5.74, 6) is 0.204. The van der Waals surface area contributed by atoms with Gasteiger partial charge in [0.2, 0.25) is 5.91 Å². The van der Waals surface area contributed by atoms with Crippen LogP contribution in [0.3, 0.4) is 0 Å². The number of likely N-dealkylation sites (N-methyl/N-ethyl adjacent to an activating group) is 1. The van der Waals surface area contributed by atoms with E-state index < -0.39 is 4.92 Å². The van der Waals surface area contributed by atoms with Crippen LogP contribution in [0.1, 0.15) is 25.7 Å². The maximum Gasteiger partial charge on any atom is 0.269 e. The van der Waals surface area contributed by atoms with Gasteiger partial charge >= 0.3 is 0 Å². The summed E-state index contributed by atoms with van der Waals surface area (Å²) >= 11 is 0. The van der Waals surface area contributed by atoms with Crippen molar-refractivity contribution in [3.8, 4) is 0 Å².